The van der Waals surface area contributed by atoms with Gasteiger partial charge in [-0.2, -0.15) is 0 Å². The number of benzene rings is 1. The van der Waals surface area contributed by atoms with Gasteiger partial charge in [-0.15, -0.1) is 0 Å². The van der Waals surface area contributed by atoms with Crippen molar-refractivity contribution in [1.82, 2.24) is 34.1 Å². The summed E-state index contributed by atoms with van der Waals surface area (Å²) in [7, 11) is 2.00. The Hall–Kier alpha value is -4.78. The molecule has 0 radical (unpaired) electrons. The van der Waals surface area contributed by atoms with Gasteiger partial charge in [0.25, 0.3) is 0 Å². The molecule has 7 heteroatoms. The van der Waals surface area contributed by atoms with Crippen LogP contribution in [0.1, 0.15) is 125 Å². The molecule has 1 aromatic carbocycles. The Morgan fingerprint density at radius 3 is 1.55 bits per heavy atom. The van der Waals surface area contributed by atoms with Crippen molar-refractivity contribution in [2.24, 2.45) is 42.6 Å². The molecular weight excluding hydrogens is 735 g/mol. The SMILES string of the molecule is C.CC(C)CCn1cccc1.CC(C)Cc1ccccc1.CC(C)Cc1ccccn1.CC(C)Cc1cccnc1.CC(C)Cc1cn(C)cn1.CC(C)Cc1cnc[nH]1. The Morgan fingerprint density at radius 1 is 0.517 bits per heavy atom. The highest BCUT2D eigenvalue weighted by molar-refractivity contribution is 5.15. The molecule has 0 saturated heterocycles. The first kappa shape index (κ1) is 55.2. The summed E-state index contributed by atoms with van der Waals surface area (Å²) in [5.41, 5.74) is 6.38. The predicted octanol–water partition coefficient (Wildman–Crippen LogP) is 13.8. The second kappa shape index (κ2) is 34.0. The number of hydrogen-bond acceptors (Lipinski definition) is 4. The fourth-order valence-corrected chi connectivity index (χ4v) is 5.77. The maximum Gasteiger partial charge on any atom is 0.0946 e. The number of rotatable bonds is 13. The van der Waals surface area contributed by atoms with Gasteiger partial charge in [0.15, 0.2) is 0 Å². The lowest BCUT2D eigenvalue weighted by molar-refractivity contribution is 0.517. The maximum absolute atomic E-state index is 4.22. The molecule has 0 amide bonds. The van der Waals surface area contributed by atoms with Crippen molar-refractivity contribution in [3.63, 3.8) is 0 Å². The van der Waals surface area contributed by atoms with E-state index in [1.165, 1.54) is 41.1 Å². The molecule has 1 N–H and O–H groups in total. The zero-order chi connectivity index (χ0) is 43.8. The first-order chi connectivity index (χ1) is 28.1. The molecule has 6 aromatic rings. The van der Waals surface area contributed by atoms with Crippen molar-refractivity contribution in [3.05, 3.63) is 157 Å². The fraction of sp³-hybridized carbons (Fsp3) is 0.509. The molecular formula is C53H85N7. The van der Waals surface area contributed by atoms with Crippen LogP contribution in [0, 0.1) is 35.5 Å². The van der Waals surface area contributed by atoms with E-state index in [0.29, 0.717) is 17.8 Å². The first-order valence-electron chi connectivity index (χ1n) is 22.0. The van der Waals surface area contributed by atoms with E-state index in [-0.39, 0.29) is 7.43 Å². The van der Waals surface area contributed by atoms with Gasteiger partial charge in [-0.1, -0.05) is 133 Å². The summed E-state index contributed by atoms with van der Waals surface area (Å²) in [4.78, 5) is 19.5. The van der Waals surface area contributed by atoms with Crippen LogP contribution in [0.5, 0.6) is 0 Å². The van der Waals surface area contributed by atoms with Gasteiger partial charge in [-0.25, -0.2) is 9.97 Å². The lowest BCUT2D eigenvalue weighted by Crippen LogP contribution is -1.97. The predicted molar refractivity (Wildman–Crippen MR) is 260 cm³/mol. The average Bonchev–Trinajstić information content (AvgIpc) is 3.97. The highest BCUT2D eigenvalue weighted by Crippen LogP contribution is 2.08. The molecule has 6 rings (SSSR count). The Morgan fingerprint density at radius 2 is 1.08 bits per heavy atom. The van der Waals surface area contributed by atoms with Gasteiger partial charge in [0.05, 0.1) is 18.3 Å². The first-order valence-corrected chi connectivity index (χ1v) is 22.0. The van der Waals surface area contributed by atoms with Crippen LogP contribution in [0.3, 0.4) is 0 Å². The highest BCUT2D eigenvalue weighted by atomic mass is 15.0. The Bertz CT molecular complexity index is 1630. The van der Waals surface area contributed by atoms with E-state index < -0.39 is 0 Å². The number of aryl methyl sites for hydroxylation is 2. The van der Waals surface area contributed by atoms with E-state index in [1.54, 1.807) is 6.33 Å². The smallest absolute Gasteiger partial charge is 0.0946 e. The lowest BCUT2D eigenvalue weighted by Gasteiger charge is -2.04. The molecule has 332 valence electrons. The molecule has 5 aromatic heterocycles. The standard InChI is InChI=1S/C10H14.C9H15N.2C9H13N.C8H14N2.C7H12N2.CH4/c1-9(2)8-10-6-4-3-5-7-10;1-9(2)5-8-10-6-3-4-7-10;1-8(2)6-9-4-3-5-10-7-9;1-8(2)7-9-5-3-4-6-10-9;1-7(2)4-8-5-10(3)6-9-8;1-6(2)3-7-4-8-5-9-7;/h3-7,9H,8H2,1-2H3;3-4,6-7,9H,5,8H2,1-2H3;3-5,7-8H,6H2,1-2H3;3-6,8H,7H2,1-2H3;5-7H,4H2,1-3H3;4-6H,3H2,1-2H3,(H,8,9);1H4. The second-order valence-corrected chi connectivity index (χ2v) is 17.9. The Balaban J connectivity index is 0.000000694. The number of pyridine rings is 2. The molecule has 0 aliphatic heterocycles. The molecule has 0 bridgehead atoms. The molecule has 0 unspecified atom stereocenters. The number of hydrogen-bond donors (Lipinski definition) is 1. The summed E-state index contributed by atoms with van der Waals surface area (Å²) < 4.78 is 4.21. The van der Waals surface area contributed by atoms with Gasteiger partial charge in [-0.3, -0.25) is 9.97 Å². The van der Waals surface area contributed by atoms with E-state index in [9.17, 15) is 0 Å². The summed E-state index contributed by atoms with van der Waals surface area (Å²) >= 11 is 0. The minimum absolute atomic E-state index is 0. The number of aromatic amines is 1. The molecule has 60 heavy (non-hydrogen) atoms. The number of nitrogens with zero attached hydrogens (tertiary/aromatic N) is 6. The Kier molecular flexibility index (Phi) is 31.3. The van der Waals surface area contributed by atoms with E-state index in [2.05, 4.69) is 186 Å². The summed E-state index contributed by atoms with van der Waals surface area (Å²) in [6.07, 6.45) is 24.2. The Labute approximate surface area is 368 Å². The number of nitrogens with one attached hydrogen (secondary N) is 1. The van der Waals surface area contributed by atoms with Crippen LogP contribution in [0.25, 0.3) is 0 Å². The average molecular weight is 820 g/mol. The van der Waals surface area contributed by atoms with Crippen LogP contribution in [0.4, 0.5) is 0 Å². The van der Waals surface area contributed by atoms with Crippen molar-refractivity contribution in [2.75, 3.05) is 0 Å². The van der Waals surface area contributed by atoms with Crippen molar-refractivity contribution in [3.8, 4) is 0 Å². The van der Waals surface area contributed by atoms with Crippen molar-refractivity contribution < 1.29 is 0 Å². The minimum Gasteiger partial charge on any atom is -0.354 e. The van der Waals surface area contributed by atoms with E-state index >= 15 is 0 Å². The molecule has 7 nitrogen and oxygen atoms in total. The van der Waals surface area contributed by atoms with Crippen molar-refractivity contribution >= 4 is 0 Å². The molecule has 0 aliphatic rings. The summed E-state index contributed by atoms with van der Waals surface area (Å²) in [5, 5.41) is 0. The third kappa shape index (κ3) is 32.1. The molecule has 0 saturated carbocycles. The lowest BCUT2D eigenvalue weighted by atomic mass is 10.0. The van der Waals surface area contributed by atoms with Crippen LogP contribution in [-0.4, -0.2) is 34.1 Å². The van der Waals surface area contributed by atoms with Crippen LogP contribution < -0.4 is 0 Å². The highest BCUT2D eigenvalue weighted by Gasteiger charge is 2.00. The van der Waals surface area contributed by atoms with Gasteiger partial charge in [0, 0.05) is 68.4 Å². The van der Waals surface area contributed by atoms with Crippen molar-refractivity contribution in [2.45, 2.75) is 136 Å². The van der Waals surface area contributed by atoms with E-state index in [0.717, 1.165) is 50.0 Å². The number of H-pyrrole nitrogens is 1. The maximum atomic E-state index is 4.22. The largest absolute Gasteiger partial charge is 0.354 e. The molecule has 0 atom stereocenters. The number of aromatic nitrogens is 7. The quantitative estimate of drug-likeness (QED) is 0.126. The zero-order valence-electron chi connectivity index (χ0n) is 39.2. The summed E-state index contributed by atoms with van der Waals surface area (Å²) in [6.45, 7) is 27.8. The van der Waals surface area contributed by atoms with Crippen LogP contribution >= 0.6 is 0 Å². The van der Waals surface area contributed by atoms with Gasteiger partial charge >= 0.3 is 0 Å². The van der Waals surface area contributed by atoms with E-state index in [1.807, 2.05) is 60.9 Å². The van der Waals surface area contributed by atoms with Crippen LogP contribution in [-0.2, 0) is 45.7 Å². The van der Waals surface area contributed by atoms with Gasteiger partial charge in [0.1, 0.15) is 0 Å². The normalized spacial score (nSPS) is 10.3. The van der Waals surface area contributed by atoms with Crippen LogP contribution in [0.15, 0.2) is 129 Å². The molecule has 5 heterocycles. The van der Waals surface area contributed by atoms with E-state index in [4.69, 9.17) is 0 Å². The van der Waals surface area contributed by atoms with Gasteiger partial charge < -0.3 is 14.1 Å². The zero-order valence-corrected chi connectivity index (χ0v) is 39.2. The van der Waals surface area contributed by atoms with Gasteiger partial charge in [-0.05, 0) is 115 Å². The third-order valence-electron chi connectivity index (χ3n) is 8.39. The summed E-state index contributed by atoms with van der Waals surface area (Å²) in [6, 6.07) is 24.9. The topological polar surface area (TPSA) is 77.2 Å². The monoisotopic (exact) mass is 820 g/mol. The molecule has 0 spiro atoms. The second-order valence-electron chi connectivity index (χ2n) is 17.9. The van der Waals surface area contributed by atoms with Crippen molar-refractivity contribution in [1.29, 1.82) is 0 Å². The number of imidazole rings is 2. The van der Waals surface area contributed by atoms with Gasteiger partial charge in [0.2, 0.25) is 0 Å². The fourth-order valence-electron chi connectivity index (χ4n) is 5.77. The minimum atomic E-state index is 0. The molecule has 0 aliphatic carbocycles. The molecule has 0 fully saturated rings. The third-order valence-corrected chi connectivity index (χ3v) is 8.39. The summed E-state index contributed by atoms with van der Waals surface area (Å²) in [5.74, 6) is 4.42. The van der Waals surface area contributed by atoms with Crippen LogP contribution in [0.2, 0.25) is 0 Å².